The summed E-state index contributed by atoms with van der Waals surface area (Å²) in [6, 6.07) is 8.38. The van der Waals surface area contributed by atoms with E-state index in [0.717, 1.165) is 5.69 Å². The van der Waals surface area contributed by atoms with Gasteiger partial charge in [0.15, 0.2) is 0 Å². The van der Waals surface area contributed by atoms with Crippen molar-refractivity contribution in [3.05, 3.63) is 66.6 Å². The van der Waals surface area contributed by atoms with E-state index in [2.05, 4.69) is 20.4 Å². The molecule has 164 valence electrons. The van der Waals surface area contributed by atoms with Crippen LogP contribution in [0.4, 0.5) is 30.5 Å². The topological polar surface area (TPSA) is 84.4 Å². The fourth-order valence-electron chi connectivity index (χ4n) is 3.99. The predicted molar refractivity (Wildman–Crippen MR) is 116 cm³/mol. The van der Waals surface area contributed by atoms with E-state index in [1.54, 1.807) is 30.7 Å². The molecular weight excluding hydrogens is 419 g/mol. The molecule has 3 aromatic heterocycles. The Morgan fingerprint density at radius 1 is 1.03 bits per heavy atom. The van der Waals surface area contributed by atoms with E-state index in [-0.39, 0.29) is 23.8 Å². The minimum absolute atomic E-state index is 0.128. The maximum Gasteiger partial charge on any atom is 0.229 e. The van der Waals surface area contributed by atoms with E-state index in [1.807, 2.05) is 4.90 Å². The molecule has 5 rings (SSSR count). The Morgan fingerprint density at radius 2 is 1.84 bits per heavy atom. The Kier molecular flexibility index (Phi) is 5.14. The molecule has 1 aliphatic rings. The molecule has 1 saturated heterocycles. The highest BCUT2D eigenvalue weighted by Gasteiger charge is 2.26. The first-order valence-electron chi connectivity index (χ1n) is 10.1. The number of hydrogen-bond donors (Lipinski definition) is 2. The van der Waals surface area contributed by atoms with Crippen LogP contribution in [0.2, 0.25) is 0 Å². The molecule has 0 spiro atoms. The van der Waals surface area contributed by atoms with Crippen molar-refractivity contribution < 1.29 is 13.2 Å². The van der Waals surface area contributed by atoms with E-state index in [9.17, 15) is 13.2 Å². The number of nitrogens with two attached hydrogens (primary N) is 1. The van der Waals surface area contributed by atoms with Crippen LogP contribution in [-0.4, -0.2) is 44.9 Å². The normalized spacial score (nSPS) is 18.8. The Balaban J connectivity index is 1.52. The lowest BCUT2D eigenvalue weighted by Crippen LogP contribution is -2.48. The van der Waals surface area contributed by atoms with Crippen molar-refractivity contribution in [3.63, 3.8) is 0 Å². The van der Waals surface area contributed by atoms with Crippen LogP contribution in [0.3, 0.4) is 0 Å². The van der Waals surface area contributed by atoms with Crippen LogP contribution in [0, 0.1) is 11.6 Å². The van der Waals surface area contributed by atoms with Gasteiger partial charge < -0.3 is 16.0 Å². The van der Waals surface area contributed by atoms with E-state index in [1.165, 1.54) is 28.8 Å². The molecule has 7 nitrogen and oxygen atoms in total. The van der Waals surface area contributed by atoms with Crippen molar-refractivity contribution >= 4 is 22.8 Å². The number of hydrogen-bond acceptors (Lipinski definition) is 6. The maximum atomic E-state index is 14.3. The molecule has 2 unspecified atom stereocenters. The molecule has 0 amide bonds. The number of halogens is 3. The molecular formula is C22H20F3N7. The standard InChI is InChI=1S/C22H20F3N7/c23-13-8-14(26)12-31(11-13)20-6-7-27-10-19(20)29-22-28-9-15-4-5-18(30-32(15)22)21-16(24)2-1-3-17(21)25/h1-7,9-10,13-14H,8,11-12,26H2,(H,28,29). The average Bonchev–Trinajstić information content (AvgIpc) is 3.15. The molecule has 0 aliphatic carbocycles. The van der Waals surface area contributed by atoms with Gasteiger partial charge in [-0.1, -0.05) is 6.07 Å². The zero-order valence-corrected chi connectivity index (χ0v) is 16.9. The number of alkyl halides is 1. The van der Waals surface area contributed by atoms with E-state index < -0.39 is 17.8 Å². The predicted octanol–water partition coefficient (Wildman–Crippen LogP) is 3.69. The summed E-state index contributed by atoms with van der Waals surface area (Å²) >= 11 is 0. The average molecular weight is 439 g/mol. The fraction of sp³-hybridized carbons (Fsp3) is 0.227. The third-order valence-corrected chi connectivity index (χ3v) is 5.42. The highest BCUT2D eigenvalue weighted by atomic mass is 19.1. The molecule has 4 heterocycles. The van der Waals surface area contributed by atoms with Crippen molar-refractivity contribution in [1.29, 1.82) is 0 Å². The summed E-state index contributed by atoms with van der Waals surface area (Å²) in [6.07, 6.45) is 4.11. The van der Waals surface area contributed by atoms with Gasteiger partial charge in [0.2, 0.25) is 5.95 Å². The van der Waals surface area contributed by atoms with Crippen LogP contribution in [-0.2, 0) is 0 Å². The molecule has 0 saturated carbocycles. The van der Waals surface area contributed by atoms with Crippen LogP contribution in [0.5, 0.6) is 0 Å². The molecule has 3 N–H and O–H groups in total. The minimum Gasteiger partial charge on any atom is -0.365 e. The lowest BCUT2D eigenvalue weighted by Gasteiger charge is -2.35. The van der Waals surface area contributed by atoms with Crippen LogP contribution in [0.1, 0.15) is 6.42 Å². The molecule has 0 radical (unpaired) electrons. The summed E-state index contributed by atoms with van der Waals surface area (Å²) in [5.41, 5.74) is 7.86. The lowest BCUT2D eigenvalue weighted by molar-refractivity contribution is 0.269. The van der Waals surface area contributed by atoms with Gasteiger partial charge >= 0.3 is 0 Å². The van der Waals surface area contributed by atoms with Gasteiger partial charge in [0.05, 0.1) is 40.5 Å². The molecule has 32 heavy (non-hydrogen) atoms. The quantitative estimate of drug-likeness (QED) is 0.505. The van der Waals surface area contributed by atoms with E-state index in [0.29, 0.717) is 30.1 Å². The molecule has 0 bridgehead atoms. The summed E-state index contributed by atoms with van der Waals surface area (Å²) in [6.45, 7) is 0.736. The van der Waals surface area contributed by atoms with Gasteiger partial charge in [0.1, 0.15) is 17.8 Å². The molecule has 4 aromatic rings. The van der Waals surface area contributed by atoms with Gasteiger partial charge in [-0.3, -0.25) is 4.98 Å². The number of nitrogens with zero attached hydrogens (tertiary/aromatic N) is 5. The lowest BCUT2D eigenvalue weighted by atomic mass is 10.0. The van der Waals surface area contributed by atoms with Crippen LogP contribution in [0.15, 0.2) is 55.0 Å². The van der Waals surface area contributed by atoms with E-state index in [4.69, 9.17) is 5.73 Å². The minimum atomic E-state index is -1.02. The van der Waals surface area contributed by atoms with Crippen molar-refractivity contribution in [2.75, 3.05) is 23.3 Å². The second-order valence-electron chi connectivity index (χ2n) is 7.75. The smallest absolute Gasteiger partial charge is 0.229 e. The molecule has 1 aromatic carbocycles. The number of aromatic nitrogens is 4. The highest BCUT2D eigenvalue weighted by molar-refractivity contribution is 5.74. The summed E-state index contributed by atoms with van der Waals surface area (Å²) in [5.74, 6) is -1.09. The first-order chi connectivity index (χ1) is 15.5. The Hall–Kier alpha value is -3.66. The highest BCUT2D eigenvalue weighted by Crippen LogP contribution is 2.31. The van der Waals surface area contributed by atoms with Crippen molar-refractivity contribution in [3.8, 4) is 11.3 Å². The molecule has 1 fully saturated rings. The van der Waals surface area contributed by atoms with Gasteiger partial charge in [0, 0.05) is 25.3 Å². The second-order valence-corrected chi connectivity index (χ2v) is 7.75. The summed E-state index contributed by atoms with van der Waals surface area (Å²) in [5, 5.41) is 7.55. The number of imidazole rings is 1. The zero-order chi connectivity index (χ0) is 22.2. The molecule has 2 atom stereocenters. The summed E-state index contributed by atoms with van der Waals surface area (Å²) < 4.78 is 44.1. The SMILES string of the molecule is NC1CC(F)CN(c2ccncc2Nc2ncc3ccc(-c4c(F)cccc4F)nn23)C1. The Labute approximate surface area is 181 Å². The number of nitrogens with one attached hydrogen (secondary N) is 1. The summed E-state index contributed by atoms with van der Waals surface area (Å²) in [4.78, 5) is 10.4. The third kappa shape index (κ3) is 3.73. The largest absolute Gasteiger partial charge is 0.365 e. The van der Waals surface area contributed by atoms with Gasteiger partial charge in [-0.25, -0.2) is 18.2 Å². The number of benzene rings is 1. The molecule has 1 aliphatic heterocycles. The Bertz CT molecular complexity index is 1250. The van der Waals surface area contributed by atoms with E-state index >= 15 is 0 Å². The number of pyridine rings is 1. The van der Waals surface area contributed by atoms with Crippen molar-refractivity contribution in [2.24, 2.45) is 5.73 Å². The van der Waals surface area contributed by atoms with Crippen LogP contribution in [0.25, 0.3) is 16.8 Å². The zero-order valence-electron chi connectivity index (χ0n) is 16.9. The monoisotopic (exact) mass is 439 g/mol. The van der Waals surface area contributed by atoms with Crippen molar-refractivity contribution in [1.82, 2.24) is 19.6 Å². The van der Waals surface area contributed by atoms with Gasteiger partial charge in [-0.15, -0.1) is 0 Å². The van der Waals surface area contributed by atoms with Gasteiger partial charge in [0.25, 0.3) is 0 Å². The first-order valence-corrected chi connectivity index (χ1v) is 10.1. The Morgan fingerprint density at radius 3 is 2.62 bits per heavy atom. The first kappa shape index (κ1) is 20.3. The number of anilines is 3. The maximum absolute atomic E-state index is 14.3. The summed E-state index contributed by atoms with van der Waals surface area (Å²) in [7, 11) is 0. The number of rotatable bonds is 4. The third-order valence-electron chi connectivity index (χ3n) is 5.42. The number of fused-ring (bicyclic) bond motifs is 1. The van der Waals surface area contributed by atoms with Crippen LogP contribution >= 0.6 is 0 Å². The van der Waals surface area contributed by atoms with Crippen LogP contribution < -0.4 is 16.0 Å². The molecule has 10 heteroatoms. The second kappa shape index (κ2) is 8.12. The van der Waals surface area contributed by atoms with Gasteiger partial charge in [-0.05, 0) is 36.8 Å². The fourth-order valence-corrected chi connectivity index (χ4v) is 3.99. The van der Waals surface area contributed by atoms with Gasteiger partial charge in [-0.2, -0.15) is 9.61 Å². The number of piperidine rings is 1. The van der Waals surface area contributed by atoms with Crippen molar-refractivity contribution in [2.45, 2.75) is 18.6 Å².